The van der Waals surface area contributed by atoms with Gasteiger partial charge in [0.1, 0.15) is 5.82 Å². The molecule has 2 heterocycles. The summed E-state index contributed by atoms with van der Waals surface area (Å²) in [7, 11) is 0. The monoisotopic (exact) mass is 464 g/mol. The van der Waals surface area contributed by atoms with E-state index in [2.05, 4.69) is 58.5 Å². The summed E-state index contributed by atoms with van der Waals surface area (Å²) in [6, 6.07) is 36.5. The molecule has 0 atom stereocenters. The summed E-state index contributed by atoms with van der Waals surface area (Å²) in [5.74, 6) is 0.0579. The Bertz CT molecular complexity index is 1950. The molecule has 0 aliphatic carbocycles. The second-order valence-corrected chi connectivity index (χ2v) is 8.86. The van der Waals surface area contributed by atoms with E-state index in [0.717, 1.165) is 55.0 Å². The fourth-order valence-electron chi connectivity index (χ4n) is 5.36. The van der Waals surface area contributed by atoms with E-state index in [1.165, 1.54) is 0 Å². The number of fused-ring (bicyclic) bond motifs is 3. The molecule has 0 N–H and O–H groups in total. The minimum absolute atomic E-state index is 0.0579. The van der Waals surface area contributed by atoms with Crippen LogP contribution in [0, 0.1) is 6.85 Å². The third-order valence-electron chi connectivity index (χ3n) is 6.86. The predicted molar refractivity (Wildman–Crippen MR) is 149 cm³/mol. The molecule has 5 aromatic carbocycles. The molecular formula is C33H23N3. The number of aromatic nitrogens is 3. The lowest BCUT2D eigenvalue weighted by Crippen LogP contribution is -2.01. The molecule has 0 aliphatic rings. The van der Waals surface area contributed by atoms with Gasteiger partial charge in [-0.2, -0.15) is 0 Å². The first-order chi connectivity index (χ1) is 19.0. The van der Waals surface area contributed by atoms with Crippen molar-refractivity contribution in [2.75, 3.05) is 0 Å². The third kappa shape index (κ3) is 3.06. The lowest BCUT2D eigenvalue weighted by Gasteiger charge is -2.20. The Balaban J connectivity index is 1.67. The Hall–Kier alpha value is -4.76. The van der Waals surface area contributed by atoms with E-state index in [1.807, 2.05) is 71.4 Å². The summed E-state index contributed by atoms with van der Waals surface area (Å²) in [6.07, 6.45) is 3.67. The Morgan fingerprint density at radius 2 is 1.28 bits per heavy atom. The fourth-order valence-corrected chi connectivity index (χ4v) is 5.36. The molecule has 0 aliphatic heterocycles. The lowest BCUT2D eigenvalue weighted by atomic mass is 9.87. The number of imidazole rings is 1. The molecule has 36 heavy (non-hydrogen) atoms. The number of rotatable bonds is 3. The molecule has 3 heteroatoms. The van der Waals surface area contributed by atoms with Crippen LogP contribution in [0.25, 0.3) is 60.5 Å². The first kappa shape index (κ1) is 17.6. The second-order valence-electron chi connectivity index (χ2n) is 8.86. The van der Waals surface area contributed by atoms with Crippen molar-refractivity contribution < 1.29 is 4.11 Å². The lowest BCUT2D eigenvalue weighted by molar-refractivity contribution is 1.02. The number of hydrogen-bond donors (Lipinski definition) is 0. The number of para-hydroxylation sites is 2. The van der Waals surface area contributed by atoms with Crippen LogP contribution in [0.1, 0.15) is 9.94 Å². The van der Waals surface area contributed by atoms with Crippen LogP contribution in [0.4, 0.5) is 0 Å². The molecule has 0 bridgehead atoms. The maximum atomic E-state index is 8.36. The molecule has 3 nitrogen and oxygen atoms in total. The number of pyridine rings is 1. The molecule has 7 aromatic rings. The molecule has 0 amide bonds. The molecule has 0 spiro atoms. The van der Waals surface area contributed by atoms with Gasteiger partial charge in [-0.05, 0) is 52.5 Å². The number of hydrogen-bond acceptors (Lipinski definition) is 2. The van der Waals surface area contributed by atoms with Crippen LogP contribution in [0.3, 0.4) is 0 Å². The van der Waals surface area contributed by atoms with Crippen molar-refractivity contribution >= 4 is 32.6 Å². The minimum Gasteiger partial charge on any atom is -0.295 e. The van der Waals surface area contributed by atoms with E-state index in [0.29, 0.717) is 5.52 Å². The summed E-state index contributed by atoms with van der Waals surface area (Å²) in [4.78, 5) is 8.97. The van der Waals surface area contributed by atoms with Gasteiger partial charge in [-0.1, -0.05) is 91.0 Å². The number of benzene rings is 5. The van der Waals surface area contributed by atoms with E-state index in [-0.39, 0.29) is 5.82 Å². The number of aryl methyl sites for hydroxylation is 1. The molecule has 0 unspecified atom stereocenters. The standard InChI is InChI=1S/C33H23N3/c1-22-35-30-18-8-9-19-31(30)36(22)33-28-16-6-4-14-26(28)32(27-15-5-7-17-29(27)33)25-13-3-2-12-24(25)23-11-10-20-34-21-23/h2-21H,1H3/i1D3. The molecule has 0 fully saturated rings. The zero-order valence-electron chi connectivity index (χ0n) is 22.4. The van der Waals surface area contributed by atoms with E-state index in [9.17, 15) is 0 Å². The van der Waals surface area contributed by atoms with Gasteiger partial charge in [-0.3, -0.25) is 9.55 Å². The SMILES string of the molecule is [2H]C([2H])([2H])c1nc2ccccc2n1-c1c2ccccc2c(-c2ccccc2-c2cccnc2)c2ccccc12. The van der Waals surface area contributed by atoms with Crippen LogP contribution < -0.4 is 0 Å². The average Bonchev–Trinajstić information content (AvgIpc) is 3.36. The summed E-state index contributed by atoms with van der Waals surface area (Å²) in [5, 5.41) is 4.00. The van der Waals surface area contributed by atoms with Crippen LogP contribution in [0.5, 0.6) is 0 Å². The smallest absolute Gasteiger partial charge is 0.111 e. The van der Waals surface area contributed by atoms with Crippen LogP contribution in [-0.2, 0) is 0 Å². The van der Waals surface area contributed by atoms with Gasteiger partial charge in [0.05, 0.1) is 16.7 Å². The first-order valence-electron chi connectivity index (χ1n) is 13.4. The van der Waals surface area contributed by atoms with E-state index >= 15 is 0 Å². The number of nitrogens with zero attached hydrogens (tertiary/aromatic N) is 3. The van der Waals surface area contributed by atoms with Gasteiger partial charge in [-0.25, -0.2) is 4.98 Å². The highest BCUT2D eigenvalue weighted by molar-refractivity contribution is 6.19. The zero-order chi connectivity index (χ0) is 26.6. The van der Waals surface area contributed by atoms with Crippen molar-refractivity contribution in [3.05, 3.63) is 127 Å². The van der Waals surface area contributed by atoms with E-state index < -0.39 is 6.85 Å². The van der Waals surface area contributed by atoms with Crippen molar-refractivity contribution in [3.8, 4) is 27.9 Å². The molecule has 0 saturated carbocycles. The largest absolute Gasteiger partial charge is 0.295 e. The highest BCUT2D eigenvalue weighted by Crippen LogP contribution is 2.44. The predicted octanol–water partition coefficient (Wildman–Crippen LogP) is 8.37. The van der Waals surface area contributed by atoms with Gasteiger partial charge in [-0.15, -0.1) is 0 Å². The van der Waals surface area contributed by atoms with E-state index in [4.69, 9.17) is 4.11 Å². The fraction of sp³-hybridized carbons (Fsp3) is 0.0303. The summed E-state index contributed by atoms with van der Waals surface area (Å²) in [6.45, 7) is -2.40. The van der Waals surface area contributed by atoms with Gasteiger partial charge in [0, 0.05) is 32.8 Å². The van der Waals surface area contributed by atoms with Crippen LogP contribution in [0.2, 0.25) is 0 Å². The van der Waals surface area contributed by atoms with Crippen molar-refractivity contribution in [2.24, 2.45) is 0 Å². The Labute approximate surface area is 213 Å². The normalized spacial score (nSPS) is 13.1. The van der Waals surface area contributed by atoms with Gasteiger partial charge < -0.3 is 0 Å². The molecule has 2 aromatic heterocycles. The Kier molecular flexibility index (Phi) is 4.01. The maximum Gasteiger partial charge on any atom is 0.111 e. The summed E-state index contributed by atoms with van der Waals surface area (Å²) < 4.78 is 26.9. The average molecular weight is 465 g/mol. The molecule has 7 rings (SSSR count). The van der Waals surface area contributed by atoms with Crippen molar-refractivity contribution in [2.45, 2.75) is 6.85 Å². The van der Waals surface area contributed by atoms with Crippen molar-refractivity contribution in [3.63, 3.8) is 0 Å². The summed E-state index contributed by atoms with van der Waals surface area (Å²) >= 11 is 0. The summed E-state index contributed by atoms with van der Waals surface area (Å²) in [5.41, 5.74) is 6.56. The highest BCUT2D eigenvalue weighted by atomic mass is 15.1. The Morgan fingerprint density at radius 1 is 0.639 bits per heavy atom. The van der Waals surface area contributed by atoms with Gasteiger partial charge >= 0.3 is 0 Å². The highest BCUT2D eigenvalue weighted by Gasteiger charge is 2.20. The molecular weight excluding hydrogens is 438 g/mol. The van der Waals surface area contributed by atoms with Crippen LogP contribution >= 0.6 is 0 Å². The van der Waals surface area contributed by atoms with Crippen molar-refractivity contribution in [1.82, 2.24) is 14.5 Å². The maximum absolute atomic E-state index is 8.36. The molecule has 0 saturated heterocycles. The topological polar surface area (TPSA) is 30.7 Å². The minimum atomic E-state index is -2.40. The van der Waals surface area contributed by atoms with Crippen LogP contribution in [0.15, 0.2) is 122 Å². The molecule has 0 radical (unpaired) electrons. The van der Waals surface area contributed by atoms with Crippen molar-refractivity contribution in [1.29, 1.82) is 0 Å². The van der Waals surface area contributed by atoms with Gasteiger partial charge in [0.2, 0.25) is 0 Å². The third-order valence-corrected chi connectivity index (χ3v) is 6.86. The second kappa shape index (κ2) is 8.17. The van der Waals surface area contributed by atoms with Gasteiger partial charge in [0.15, 0.2) is 0 Å². The van der Waals surface area contributed by atoms with E-state index in [1.54, 1.807) is 6.20 Å². The Morgan fingerprint density at radius 3 is 1.97 bits per heavy atom. The zero-order valence-corrected chi connectivity index (χ0v) is 19.4. The molecule has 170 valence electrons. The van der Waals surface area contributed by atoms with Gasteiger partial charge in [0.25, 0.3) is 0 Å². The quantitative estimate of drug-likeness (QED) is 0.246. The van der Waals surface area contributed by atoms with Crippen LogP contribution in [-0.4, -0.2) is 14.5 Å². The first-order valence-corrected chi connectivity index (χ1v) is 11.9.